The van der Waals surface area contributed by atoms with Crippen molar-refractivity contribution in [2.45, 2.75) is 6.04 Å². The van der Waals surface area contributed by atoms with E-state index in [-0.39, 0.29) is 23.1 Å². The first-order valence-corrected chi connectivity index (χ1v) is 16.2. The van der Waals surface area contributed by atoms with Gasteiger partial charge in [-0.2, -0.15) is 0 Å². The van der Waals surface area contributed by atoms with Gasteiger partial charge in [0.15, 0.2) is 0 Å². The maximum Gasteiger partial charge on any atom is 3.00 e. The first kappa shape index (κ1) is 30.5. The van der Waals surface area contributed by atoms with Gasteiger partial charge in [0.25, 0.3) is 0 Å². The van der Waals surface area contributed by atoms with Gasteiger partial charge >= 0.3 is 17.1 Å². The summed E-state index contributed by atoms with van der Waals surface area (Å²) in [6, 6.07) is 45.9. The second kappa shape index (κ2) is 13.0. The fourth-order valence-corrected chi connectivity index (χ4v) is 6.64. The van der Waals surface area contributed by atoms with E-state index in [1.165, 1.54) is 0 Å². The van der Waals surface area contributed by atoms with Crippen molar-refractivity contribution < 1.29 is 17.1 Å². The molecule has 0 saturated carbocycles. The predicted octanol–water partition coefficient (Wildman–Crippen LogP) is 8.27. The third-order valence-electron chi connectivity index (χ3n) is 8.88. The molecule has 6 aromatic rings. The summed E-state index contributed by atoms with van der Waals surface area (Å²) in [5, 5.41) is 7.00. The van der Waals surface area contributed by atoms with Crippen molar-refractivity contribution >= 4 is 41.2 Å². The summed E-state index contributed by atoms with van der Waals surface area (Å²) in [7, 11) is 0. The molecule has 233 valence electrons. The number of allylic oxidation sites excluding steroid dienone is 3. The van der Waals surface area contributed by atoms with E-state index in [0.29, 0.717) is 0 Å². The van der Waals surface area contributed by atoms with Crippen LogP contribution in [0.15, 0.2) is 162 Å². The fraction of sp³-hybridized carbons (Fsp3) is 0.0227. The predicted molar refractivity (Wildman–Crippen MR) is 198 cm³/mol. The summed E-state index contributed by atoms with van der Waals surface area (Å²) in [5.74, 6) is 0. The zero-order chi connectivity index (χ0) is 31.9. The molecular weight excluding hydrogens is 640 g/mol. The van der Waals surface area contributed by atoms with E-state index in [1.807, 2.05) is 24.3 Å². The van der Waals surface area contributed by atoms with Crippen LogP contribution in [-0.4, -0.2) is 11.8 Å². The second-order valence-electron chi connectivity index (χ2n) is 12.1. The molecule has 5 heterocycles. The zero-order valence-corrected chi connectivity index (χ0v) is 27.5. The van der Waals surface area contributed by atoms with Crippen molar-refractivity contribution in [3.63, 3.8) is 0 Å². The summed E-state index contributed by atoms with van der Waals surface area (Å²) in [6.45, 7) is 0. The fourth-order valence-electron chi connectivity index (χ4n) is 6.64. The van der Waals surface area contributed by atoms with Gasteiger partial charge in [-0.15, -0.1) is 33.9 Å². The first-order chi connectivity index (χ1) is 23.7. The summed E-state index contributed by atoms with van der Waals surface area (Å²) in [5.41, 5.74) is 13.1. The second-order valence-corrected chi connectivity index (χ2v) is 12.1. The third kappa shape index (κ3) is 6.02. The van der Waals surface area contributed by atoms with Crippen LogP contribution in [0.25, 0.3) is 63.0 Å². The molecule has 0 saturated heterocycles. The van der Waals surface area contributed by atoms with Crippen LogP contribution in [0.4, 0.5) is 0 Å². The van der Waals surface area contributed by atoms with E-state index in [1.54, 1.807) is 0 Å². The molecule has 0 spiro atoms. The van der Waals surface area contributed by atoms with E-state index in [4.69, 9.17) is 20.3 Å². The van der Waals surface area contributed by atoms with Gasteiger partial charge in [0.05, 0.1) is 11.4 Å². The van der Waals surface area contributed by atoms with Gasteiger partial charge in [-0.1, -0.05) is 158 Å². The molecule has 3 aliphatic heterocycles. The Labute approximate surface area is 295 Å². The van der Waals surface area contributed by atoms with Crippen molar-refractivity contribution in [3.8, 4) is 22.3 Å². The monoisotopic (exact) mass is 669 g/mol. The Balaban J connectivity index is 0.00000348. The van der Waals surface area contributed by atoms with Crippen LogP contribution in [0.5, 0.6) is 0 Å². The minimum Gasteiger partial charge on any atom is -0.675 e. The Morgan fingerprint density at radius 1 is 0.510 bits per heavy atom. The molecule has 1 radical (unpaired) electrons. The molecule has 1 unspecified atom stereocenters. The third-order valence-corrected chi connectivity index (χ3v) is 8.88. The Hall–Kier alpha value is -5.87. The smallest absolute Gasteiger partial charge is 0.675 e. The standard InChI is InChI=1S/C44H29N4.Fe/c1-5-13-29(14-6-1)37-23-33-21-34-24-39(31-17-9-3-10-18-31)43(47-34)28-44-40(32-19-11-4-12-20-32)26-36(48-44)22-35-25-38(30-15-7-2-8-16-30)42(46-35)27-41(37)45-33;/h1-28,33H;/q-3;+3/b34-21-,36-22+,41-27-,43-28+;. The summed E-state index contributed by atoms with van der Waals surface area (Å²) in [6.07, 6.45) is 12.9. The van der Waals surface area contributed by atoms with E-state index < -0.39 is 0 Å². The molecule has 9 rings (SSSR count). The minimum absolute atomic E-state index is 0. The molecule has 4 aromatic carbocycles. The Kier molecular flexibility index (Phi) is 8.06. The van der Waals surface area contributed by atoms with Crippen molar-refractivity contribution in [1.29, 1.82) is 0 Å². The number of fused-ring (bicyclic) bond motifs is 7. The van der Waals surface area contributed by atoms with Crippen LogP contribution in [0.2, 0.25) is 0 Å². The topological polar surface area (TPSA) is 54.7 Å². The molecule has 8 bridgehead atoms. The molecular formula is C44H29FeN4. The molecule has 4 nitrogen and oxygen atoms in total. The van der Waals surface area contributed by atoms with Crippen molar-refractivity contribution in [2.75, 3.05) is 0 Å². The van der Waals surface area contributed by atoms with Gasteiger partial charge < -0.3 is 15.3 Å². The number of hydrogen-bond donors (Lipinski definition) is 0. The number of hydrogen-bond acceptors (Lipinski definition) is 1. The maximum atomic E-state index is 5.25. The molecule has 3 aliphatic rings. The molecule has 49 heavy (non-hydrogen) atoms. The normalized spacial score (nSPS) is 19.6. The quantitative estimate of drug-likeness (QED) is 0.178. The molecule has 0 amide bonds. The van der Waals surface area contributed by atoms with Crippen LogP contribution < -0.4 is 20.7 Å². The Morgan fingerprint density at radius 2 is 1.10 bits per heavy atom. The van der Waals surface area contributed by atoms with E-state index >= 15 is 0 Å². The van der Waals surface area contributed by atoms with Gasteiger partial charge in [-0.3, -0.25) is 0 Å². The first-order valence-electron chi connectivity index (χ1n) is 16.2. The van der Waals surface area contributed by atoms with Crippen molar-refractivity contribution in [2.24, 2.45) is 4.99 Å². The maximum absolute atomic E-state index is 5.25. The number of aromatic nitrogens is 2. The van der Waals surface area contributed by atoms with Gasteiger partial charge in [0.1, 0.15) is 0 Å². The van der Waals surface area contributed by atoms with Crippen molar-refractivity contribution in [1.82, 2.24) is 9.97 Å². The zero-order valence-electron chi connectivity index (χ0n) is 26.4. The number of rotatable bonds is 4. The van der Waals surface area contributed by atoms with E-state index in [2.05, 4.69) is 146 Å². The largest absolute Gasteiger partial charge is 3.00 e. The van der Waals surface area contributed by atoms with Gasteiger partial charge in [0, 0.05) is 5.57 Å². The van der Waals surface area contributed by atoms with Crippen LogP contribution in [-0.2, 0) is 17.1 Å². The van der Waals surface area contributed by atoms with E-state index in [0.717, 1.165) is 83.7 Å². The Morgan fingerprint density at radius 3 is 1.76 bits per heavy atom. The van der Waals surface area contributed by atoms with Crippen molar-refractivity contribution in [3.05, 3.63) is 196 Å². The summed E-state index contributed by atoms with van der Waals surface area (Å²) >= 11 is 0. The molecule has 5 heteroatoms. The van der Waals surface area contributed by atoms with E-state index in [9.17, 15) is 0 Å². The minimum atomic E-state index is -0.185. The molecule has 0 aliphatic carbocycles. The van der Waals surface area contributed by atoms with Crippen LogP contribution >= 0.6 is 0 Å². The van der Waals surface area contributed by atoms with Gasteiger partial charge in [-0.05, 0) is 51.1 Å². The molecule has 1 atom stereocenters. The van der Waals surface area contributed by atoms with Crippen LogP contribution in [0.3, 0.4) is 0 Å². The average molecular weight is 670 g/mol. The van der Waals surface area contributed by atoms with Crippen LogP contribution in [0.1, 0.15) is 22.5 Å². The molecule has 0 fully saturated rings. The SMILES string of the molecule is C1=C(c2ccccc2)C2=NC/1=C/c1cc(-c3ccccc3)c([n-]1)/C=C1\[N-]C(C=C1c1ccccc1)/C=c1/cc(-c3ccccc3)/c([n-]1)=C\2.[Fe+3]. The Bertz CT molecular complexity index is 2440. The molecule has 0 N–H and O–H groups in total. The van der Waals surface area contributed by atoms with Gasteiger partial charge in [-0.25, -0.2) is 4.99 Å². The van der Waals surface area contributed by atoms with Gasteiger partial charge in [0.2, 0.25) is 0 Å². The number of aliphatic imine (C=N–C) groups is 1. The number of nitrogens with zero attached hydrogens (tertiary/aromatic N) is 4. The average Bonchev–Trinajstić information content (AvgIpc) is 3.92. The number of benzene rings is 4. The molecule has 2 aromatic heterocycles. The summed E-state index contributed by atoms with van der Waals surface area (Å²) < 4.78 is 0. The van der Waals surface area contributed by atoms with Crippen LogP contribution in [0, 0.1) is 0 Å². The summed E-state index contributed by atoms with van der Waals surface area (Å²) in [4.78, 5) is 15.5.